The van der Waals surface area contributed by atoms with E-state index in [0.717, 1.165) is 11.1 Å². The number of likely N-dealkylation sites (N-methyl/N-ethyl adjacent to an activating group) is 1. The van der Waals surface area contributed by atoms with Gasteiger partial charge >= 0.3 is 5.97 Å². The number of nitrogens with zero attached hydrogens (tertiary/aromatic N) is 1. The van der Waals surface area contributed by atoms with Crippen molar-refractivity contribution in [3.05, 3.63) is 82.9 Å². The molecular formula is C26H29ClN2O4. The Labute approximate surface area is 199 Å². The Balaban J connectivity index is 1.68. The predicted molar refractivity (Wildman–Crippen MR) is 127 cm³/mol. The van der Waals surface area contributed by atoms with Crippen molar-refractivity contribution in [2.24, 2.45) is 5.92 Å². The molecule has 7 heteroatoms. The molecule has 1 N–H and O–H groups in total. The lowest BCUT2D eigenvalue weighted by Crippen LogP contribution is -2.39. The van der Waals surface area contributed by atoms with E-state index in [0.29, 0.717) is 24.4 Å². The number of carbonyl (C=O) groups is 3. The summed E-state index contributed by atoms with van der Waals surface area (Å²) < 4.78 is 5.68. The molecule has 33 heavy (non-hydrogen) atoms. The minimum atomic E-state index is -0.560. The molecule has 1 aliphatic rings. The molecule has 1 heterocycles. The molecule has 0 bridgehead atoms. The number of hydrogen-bond acceptors (Lipinski definition) is 4. The second-order valence-electron chi connectivity index (χ2n) is 8.16. The van der Waals surface area contributed by atoms with Crippen LogP contribution in [0, 0.1) is 5.92 Å². The van der Waals surface area contributed by atoms with Crippen LogP contribution in [0.5, 0.6) is 0 Å². The SMILES string of the molecule is CN1C[C@@H](c2ccccc2)OC(=O)CCC=CC[C@@H](CC(=O)NCc2ccc(Cl)cc2)C1=O. The molecule has 2 amide bonds. The number of amides is 2. The van der Waals surface area contributed by atoms with Crippen molar-refractivity contribution in [3.63, 3.8) is 0 Å². The molecular weight excluding hydrogens is 440 g/mol. The maximum absolute atomic E-state index is 13.2. The van der Waals surface area contributed by atoms with E-state index in [1.165, 1.54) is 0 Å². The molecule has 0 saturated heterocycles. The Morgan fingerprint density at radius 1 is 1.09 bits per heavy atom. The third-order valence-electron chi connectivity index (χ3n) is 5.55. The molecule has 2 aromatic carbocycles. The maximum atomic E-state index is 13.2. The Hall–Kier alpha value is -3.12. The lowest BCUT2D eigenvalue weighted by atomic mass is 9.97. The van der Waals surface area contributed by atoms with Gasteiger partial charge in [-0.2, -0.15) is 0 Å². The molecule has 2 aromatic rings. The fraction of sp³-hybridized carbons (Fsp3) is 0.346. The summed E-state index contributed by atoms with van der Waals surface area (Å²) in [5.41, 5.74) is 1.76. The summed E-state index contributed by atoms with van der Waals surface area (Å²) in [5, 5.41) is 3.52. The zero-order valence-electron chi connectivity index (χ0n) is 18.7. The summed E-state index contributed by atoms with van der Waals surface area (Å²) in [5.74, 6) is -1.14. The normalized spacial score (nSPS) is 19.9. The summed E-state index contributed by atoms with van der Waals surface area (Å²) in [6.07, 6.45) is 4.48. The van der Waals surface area contributed by atoms with Crippen LogP contribution in [0.4, 0.5) is 0 Å². The highest BCUT2D eigenvalue weighted by molar-refractivity contribution is 6.30. The van der Waals surface area contributed by atoms with Crippen molar-refractivity contribution in [3.8, 4) is 0 Å². The lowest BCUT2D eigenvalue weighted by molar-refractivity contribution is -0.152. The van der Waals surface area contributed by atoms with Crippen molar-refractivity contribution in [1.29, 1.82) is 0 Å². The van der Waals surface area contributed by atoms with Crippen LogP contribution in [0.1, 0.15) is 42.9 Å². The first-order valence-electron chi connectivity index (χ1n) is 11.1. The van der Waals surface area contributed by atoms with E-state index in [1.54, 1.807) is 24.1 Å². The van der Waals surface area contributed by atoms with E-state index in [2.05, 4.69) is 5.32 Å². The van der Waals surface area contributed by atoms with Crippen LogP contribution in [0.2, 0.25) is 5.02 Å². The second-order valence-corrected chi connectivity index (χ2v) is 8.59. The van der Waals surface area contributed by atoms with E-state index in [9.17, 15) is 14.4 Å². The van der Waals surface area contributed by atoms with Gasteiger partial charge in [0, 0.05) is 31.5 Å². The van der Waals surface area contributed by atoms with Gasteiger partial charge in [0.15, 0.2) is 0 Å². The van der Waals surface area contributed by atoms with E-state index >= 15 is 0 Å². The molecule has 6 nitrogen and oxygen atoms in total. The zero-order chi connectivity index (χ0) is 23.6. The molecule has 0 aliphatic carbocycles. The van der Waals surface area contributed by atoms with Gasteiger partial charge in [0.2, 0.25) is 11.8 Å². The largest absolute Gasteiger partial charge is 0.456 e. The Morgan fingerprint density at radius 2 is 1.82 bits per heavy atom. The standard InChI is InChI=1S/C26H29ClN2O4/c1-29-18-23(20-8-4-2-5-9-20)33-25(31)11-7-3-6-10-21(26(29)32)16-24(30)28-17-19-12-14-22(27)15-13-19/h2-6,8-9,12-15,21,23H,7,10-11,16-18H2,1H3,(H,28,30)/t21-,23-/m0/s1. The maximum Gasteiger partial charge on any atom is 0.306 e. The van der Waals surface area contributed by atoms with Gasteiger partial charge in [0.05, 0.1) is 12.5 Å². The van der Waals surface area contributed by atoms with Gasteiger partial charge in [-0.05, 0) is 36.1 Å². The number of ether oxygens (including phenoxy) is 1. The molecule has 2 atom stereocenters. The van der Waals surface area contributed by atoms with Gasteiger partial charge in [-0.3, -0.25) is 14.4 Å². The van der Waals surface area contributed by atoms with Crippen LogP contribution >= 0.6 is 11.6 Å². The summed E-state index contributed by atoms with van der Waals surface area (Å²) >= 11 is 5.90. The number of halogens is 1. The number of cyclic esters (lactones) is 1. The minimum absolute atomic E-state index is 0.0803. The first-order chi connectivity index (χ1) is 15.9. The number of esters is 1. The fourth-order valence-electron chi connectivity index (χ4n) is 3.70. The summed E-state index contributed by atoms with van der Waals surface area (Å²) in [4.78, 5) is 39.7. The Bertz CT molecular complexity index is 976. The van der Waals surface area contributed by atoms with E-state index in [4.69, 9.17) is 16.3 Å². The third kappa shape index (κ3) is 7.75. The quantitative estimate of drug-likeness (QED) is 0.519. The highest BCUT2D eigenvalue weighted by Gasteiger charge is 2.27. The van der Waals surface area contributed by atoms with Crippen LogP contribution < -0.4 is 5.32 Å². The number of rotatable bonds is 5. The average molecular weight is 469 g/mol. The van der Waals surface area contributed by atoms with Crippen molar-refractivity contribution in [2.45, 2.75) is 38.3 Å². The molecule has 0 fully saturated rings. The summed E-state index contributed by atoms with van der Waals surface area (Å²) in [6, 6.07) is 16.6. The topological polar surface area (TPSA) is 75.7 Å². The third-order valence-corrected chi connectivity index (χ3v) is 5.80. The highest BCUT2D eigenvalue weighted by Crippen LogP contribution is 2.23. The fourth-order valence-corrected chi connectivity index (χ4v) is 3.82. The van der Waals surface area contributed by atoms with Gasteiger partial charge in [0.1, 0.15) is 6.10 Å². The van der Waals surface area contributed by atoms with Crippen molar-refractivity contribution in [1.82, 2.24) is 10.2 Å². The van der Waals surface area contributed by atoms with E-state index < -0.39 is 12.0 Å². The molecule has 0 unspecified atom stereocenters. The molecule has 0 saturated carbocycles. The zero-order valence-corrected chi connectivity index (χ0v) is 19.5. The predicted octanol–water partition coefficient (Wildman–Crippen LogP) is 4.45. The number of nitrogens with one attached hydrogen (secondary N) is 1. The Kier molecular flexibility index (Phi) is 9.07. The second kappa shape index (κ2) is 12.2. The van der Waals surface area contributed by atoms with Crippen LogP contribution in [0.25, 0.3) is 0 Å². The van der Waals surface area contributed by atoms with Crippen LogP contribution in [0.3, 0.4) is 0 Å². The van der Waals surface area contributed by atoms with Crippen LogP contribution in [-0.4, -0.2) is 36.3 Å². The van der Waals surface area contributed by atoms with Gasteiger partial charge in [-0.15, -0.1) is 0 Å². The summed E-state index contributed by atoms with van der Waals surface area (Å²) in [6.45, 7) is 0.593. The number of carbonyl (C=O) groups excluding carboxylic acids is 3. The molecule has 0 aromatic heterocycles. The van der Waals surface area contributed by atoms with Crippen LogP contribution in [0.15, 0.2) is 66.7 Å². The first kappa shape index (κ1) is 24.5. The van der Waals surface area contributed by atoms with Crippen molar-refractivity contribution >= 4 is 29.4 Å². The molecule has 3 rings (SSSR count). The van der Waals surface area contributed by atoms with Gasteiger partial charge < -0.3 is 15.0 Å². The van der Waals surface area contributed by atoms with E-state index in [1.807, 2.05) is 54.6 Å². The number of benzene rings is 2. The number of allylic oxidation sites excluding steroid dienone is 2. The first-order valence-corrected chi connectivity index (χ1v) is 11.5. The summed E-state index contributed by atoms with van der Waals surface area (Å²) in [7, 11) is 1.68. The Morgan fingerprint density at radius 3 is 2.55 bits per heavy atom. The molecule has 0 spiro atoms. The smallest absolute Gasteiger partial charge is 0.306 e. The highest BCUT2D eigenvalue weighted by atomic mass is 35.5. The number of hydrogen-bond donors (Lipinski definition) is 1. The van der Waals surface area contributed by atoms with E-state index in [-0.39, 0.29) is 37.2 Å². The lowest BCUT2D eigenvalue weighted by Gasteiger charge is -2.28. The van der Waals surface area contributed by atoms with Gasteiger partial charge in [-0.1, -0.05) is 66.2 Å². The van der Waals surface area contributed by atoms with Crippen LogP contribution in [-0.2, 0) is 25.7 Å². The minimum Gasteiger partial charge on any atom is -0.456 e. The van der Waals surface area contributed by atoms with Crippen molar-refractivity contribution in [2.75, 3.05) is 13.6 Å². The monoisotopic (exact) mass is 468 g/mol. The average Bonchev–Trinajstić information content (AvgIpc) is 2.81. The van der Waals surface area contributed by atoms with Gasteiger partial charge in [0.25, 0.3) is 0 Å². The van der Waals surface area contributed by atoms with Crippen molar-refractivity contribution < 1.29 is 19.1 Å². The molecule has 1 aliphatic heterocycles. The molecule has 174 valence electrons. The van der Waals surface area contributed by atoms with Gasteiger partial charge in [-0.25, -0.2) is 0 Å². The molecule has 0 radical (unpaired) electrons.